The summed E-state index contributed by atoms with van der Waals surface area (Å²) in [6.07, 6.45) is -7.77. The lowest BCUT2D eigenvalue weighted by molar-refractivity contribution is -0.209. The van der Waals surface area contributed by atoms with E-state index in [4.69, 9.17) is 9.84 Å². The number of hydrogen-bond acceptors (Lipinski definition) is 4. The van der Waals surface area contributed by atoms with Crippen LogP contribution in [-0.2, 0) is 15.1 Å². The van der Waals surface area contributed by atoms with E-state index >= 15 is 0 Å². The average molecular weight is 322 g/mol. The van der Waals surface area contributed by atoms with Gasteiger partial charge in [0, 0.05) is 5.56 Å². The second-order valence-electron chi connectivity index (χ2n) is 4.49. The first-order valence-electron chi connectivity index (χ1n) is 5.66. The molecule has 1 unspecified atom stereocenters. The van der Waals surface area contributed by atoms with Gasteiger partial charge in [0.15, 0.2) is 0 Å². The molecule has 1 heterocycles. The number of ether oxygens (including phenoxy) is 1. The summed E-state index contributed by atoms with van der Waals surface area (Å²) in [6, 6.07) is 3.91. The van der Waals surface area contributed by atoms with Gasteiger partial charge in [0.05, 0.1) is 0 Å². The highest BCUT2D eigenvalue weighted by Gasteiger charge is 2.55. The zero-order valence-electron chi connectivity index (χ0n) is 10.5. The first kappa shape index (κ1) is 15.4. The minimum Gasteiger partial charge on any atom is -0.481 e. The molecule has 0 saturated heterocycles. The van der Waals surface area contributed by atoms with Crippen molar-refractivity contribution in [2.24, 2.45) is 5.92 Å². The lowest BCUT2D eigenvalue weighted by Gasteiger charge is -2.32. The summed E-state index contributed by atoms with van der Waals surface area (Å²) in [4.78, 5) is 10.3. The summed E-state index contributed by atoms with van der Waals surface area (Å²) in [7, 11) is -3.12. The van der Waals surface area contributed by atoms with Gasteiger partial charge < -0.3 is 9.84 Å². The molecular formula is C12H9F3O5S. The number of rotatable bonds is 1. The Kier molecular flexibility index (Phi) is 3.70. The summed E-state index contributed by atoms with van der Waals surface area (Å²) >= 11 is 0. The second-order valence-corrected chi connectivity index (χ2v) is 5.40. The van der Waals surface area contributed by atoms with Crippen LogP contribution in [0.5, 0.6) is 5.75 Å². The monoisotopic (exact) mass is 322 g/mol. The van der Waals surface area contributed by atoms with E-state index in [9.17, 15) is 26.4 Å². The Bertz CT molecular complexity index is 728. The molecule has 1 aliphatic heterocycles. The highest BCUT2D eigenvalue weighted by atomic mass is 32.2. The molecule has 0 aliphatic carbocycles. The molecule has 5 nitrogen and oxygen atoms in total. The van der Waals surface area contributed by atoms with Gasteiger partial charge in [-0.05, 0) is 19.1 Å². The maximum Gasteiger partial charge on any atom is 0.426 e. The van der Waals surface area contributed by atoms with Crippen molar-refractivity contribution in [3.8, 4) is 5.75 Å². The molecule has 114 valence electrons. The van der Waals surface area contributed by atoms with Crippen molar-refractivity contribution < 1.29 is 36.2 Å². The number of benzene rings is 1. The molecule has 2 atom stereocenters. The second kappa shape index (κ2) is 5.06. The van der Waals surface area contributed by atoms with Gasteiger partial charge in [-0.15, -0.1) is 0 Å². The molecule has 21 heavy (non-hydrogen) atoms. The van der Waals surface area contributed by atoms with E-state index in [0.29, 0.717) is 5.56 Å². The largest absolute Gasteiger partial charge is 0.481 e. The van der Waals surface area contributed by atoms with Crippen molar-refractivity contribution in [2.75, 3.05) is 0 Å². The third kappa shape index (κ3) is 2.73. The third-order valence-electron chi connectivity index (χ3n) is 3.01. The fraction of sp³-hybridized carbons (Fsp3) is 0.333. The lowest BCUT2D eigenvalue weighted by atomic mass is 9.89. The van der Waals surface area contributed by atoms with Gasteiger partial charge in [0.1, 0.15) is 16.5 Å². The van der Waals surface area contributed by atoms with E-state index < -0.39 is 39.3 Å². The molecule has 0 amide bonds. The fourth-order valence-electron chi connectivity index (χ4n) is 2.14. The van der Waals surface area contributed by atoms with Gasteiger partial charge in [0.2, 0.25) is 16.4 Å². The number of carbonyl (C=O) groups is 1. The Morgan fingerprint density at radius 1 is 1.33 bits per heavy atom. The van der Waals surface area contributed by atoms with Crippen LogP contribution < -0.4 is 4.74 Å². The lowest BCUT2D eigenvalue weighted by Crippen LogP contribution is -2.51. The van der Waals surface area contributed by atoms with Crippen LogP contribution in [0.15, 0.2) is 18.2 Å². The quantitative estimate of drug-likeness (QED) is 0.791. The minimum absolute atomic E-state index is 0.156. The van der Waals surface area contributed by atoms with E-state index in [-0.39, 0.29) is 11.3 Å². The van der Waals surface area contributed by atoms with Crippen molar-refractivity contribution in [2.45, 2.75) is 19.2 Å². The van der Waals surface area contributed by atoms with E-state index in [1.54, 1.807) is 6.92 Å². The van der Waals surface area contributed by atoms with Crippen LogP contribution in [0.25, 0.3) is 0 Å². The van der Waals surface area contributed by atoms with Crippen LogP contribution in [0.1, 0.15) is 11.1 Å². The summed E-state index contributed by atoms with van der Waals surface area (Å²) < 4.78 is 66.2. The Hall–Kier alpha value is -2.03. The Balaban J connectivity index is 2.78. The Morgan fingerprint density at radius 2 is 1.95 bits per heavy atom. The molecule has 2 rings (SSSR count). The maximum atomic E-state index is 13.0. The zero-order chi connectivity index (χ0) is 15.9. The molecule has 1 N–H and O–H groups in total. The van der Waals surface area contributed by atoms with Crippen molar-refractivity contribution >= 4 is 21.1 Å². The van der Waals surface area contributed by atoms with Gasteiger partial charge in [-0.25, -0.2) is 0 Å². The van der Waals surface area contributed by atoms with Crippen molar-refractivity contribution in [3.05, 3.63) is 29.3 Å². The van der Waals surface area contributed by atoms with Crippen molar-refractivity contribution in [3.63, 3.8) is 0 Å². The number of alkyl halides is 3. The number of aliphatic carboxylic acids is 1. The molecule has 1 aromatic carbocycles. The van der Waals surface area contributed by atoms with E-state index in [1.165, 1.54) is 18.2 Å². The highest BCUT2D eigenvalue weighted by Crippen LogP contribution is 2.38. The average Bonchev–Trinajstić information content (AvgIpc) is 2.34. The molecule has 0 bridgehead atoms. The van der Waals surface area contributed by atoms with Crippen molar-refractivity contribution in [1.29, 1.82) is 0 Å². The number of carboxylic acids is 1. The summed E-state index contributed by atoms with van der Waals surface area (Å²) in [5.74, 6) is -4.55. The number of hydrogen-bond donors (Lipinski definition) is 1. The van der Waals surface area contributed by atoms with Gasteiger partial charge in [-0.2, -0.15) is 21.6 Å². The number of carboxylic acid groups (broad SMARTS) is 1. The van der Waals surface area contributed by atoms with E-state index in [1.807, 2.05) is 0 Å². The maximum absolute atomic E-state index is 13.0. The standard InChI is InChI=1S/C12H9F3O5S/c1-5-2-3-7-6(4-5)9(21(18)19)8(11(16)17)10(20-7)12(13,14)15/h2-4,8,10H,1H3,(H,16,17)/t8?,10-/m0/s1. The third-order valence-corrected chi connectivity index (χ3v) is 3.84. The fourth-order valence-corrected chi connectivity index (χ4v) is 2.91. The van der Waals surface area contributed by atoms with Gasteiger partial charge in [-0.1, -0.05) is 11.6 Å². The number of fused-ring (bicyclic) bond motifs is 1. The first-order valence-corrected chi connectivity index (χ1v) is 6.73. The molecule has 1 aliphatic rings. The summed E-state index contributed by atoms with van der Waals surface area (Å²) in [5.41, 5.74) is 0.408. The molecule has 1 aromatic rings. The van der Waals surface area contributed by atoms with Crippen LogP contribution in [0.3, 0.4) is 0 Å². The van der Waals surface area contributed by atoms with Gasteiger partial charge in [0.25, 0.3) is 0 Å². The molecule has 9 heteroatoms. The first-order chi connectivity index (χ1) is 9.62. The van der Waals surface area contributed by atoms with Gasteiger partial charge in [-0.3, -0.25) is 4.79 Å². The normalized spacial score (nSPS) is 21.4. The number of aryl methyl sites for hydroxylation is 1. The predicted molar refractivity (Wildman–Crippen MR) is 65.8 cm³/mol. The predicted octanol–water partition coefficient (Wildman–Crippen LogP) is 1.42. The molecular weight excluding hydrogens is 313 g/mol. The van der Waals surface area contributed by atoms with Gasteiger partial charge >= 0.3 is 12.1 Å². The van der Waals surface area contributed by atoms with Crippen LogP contribution in [0.4, 0.5) is 13.2 Å². The SMILES string of the molecule is Cc1ccc2c(c1)C(=S(=O)=O)C(C(=O)O)[C@@H](C(F)(F)F)O2. The summed E-state index contributed by atoms with van der Waals surface area (Å²) in [5, 5.41) is 9.01. The molecule has 0 fully saturated rings. The Morgan fingerprint density at radius 3 is 2.43 bits per heavy atom. The zero-order valence-corrected chi connectivity index (χ0v) is 11.3. The summed E-state index contributed by atoms with van der Waals surface area (Å²) in [6.45, 7) is 1.59. The van der Waals surface area contributed by atoms with Crippen LogP contribution in [0.2, 0.25) is 0 Å². The molecule has 0 spiro atoms. The Labute approximate surface area is 118 Å². The van der Waals surface area contributed by atoms with Crippen molar-refractivity contribution in [1.82, 2.24) is 0 Å². The van der Waals surface area contributed by atoms with Crippen LogP contribution >= 0.6 is 0 Å². The molecule has 0 saturated carbocycles. The molecule has 0 radical (unpaired) electrons. The van der Waals surface area contributed by atoms with E-state index in [0.717, 1.165) is 0 Å². The molecule has 0 aromatic heterocycles. The minimum atomic E-state index is -5.02. The van der Waals surface area contributed by atoms with Crippen LogP contribution in [0, 0.1) is 12.8 Å². The topological polar surface area (TPSA) is 80.7 Å². The highest BCUT2D eigenvalue weighted by molar-refractivity contribution is 7.73. The van der Waals surface area contributed by atoms with E-state index in [2.05, 4.69) is 0 Å². The van der Waals surface area contributed by atoms with Crippen LogP contribution in [-0.4, -0.2) is 36.6 Å². The number of halogens is 3. The smallest absolute Gasteiger partial charge is 0.426 e.